The molecule has 1 aliphatic heterocycles. The van der Waals surface area contributed by atoms with Gasteiger partial charge in [0.15, 0.2) is 6.29 Å². The standard InChI is InChI=1S/C33H37BrO4/c1-35-33(36-2)27-16-12-24(13-17-27)9-8-23-10-14-26(15-11-23)32-29-19-18-28(20-31(29)38-22-30(32)34)37-21-25-6-4-3-5-7-25/h3-7,10-11,14-15,18-20,24,27,33H,8-9,12-13,16-17,21-22H2,1-2H3. The Morgan fingerprint density at radius 2 is 1.61 bits per heavy atom. The third kappa shape index (κ3) is 6.51. The van der Waals surface area contributed by atoms with E-state index in [2.05, 4.69) is 58.4 Å². The number of ether oxygens (including phenoxy) is 4. The Morgan fingerprint density at radius 3 is 2.32 bits per heavy atom. The van der Waals surface area contributed by atoms with Gasteiger partial charge in [0.1, 0.15) is 24.7 Å². The van der Waals surface area contributed by atoms with Crippen molar-refractivity contribution in [3.8, 4) is 11.5 Å². The average Bonchev–Trinajstić information content (AvgIpc) is 2.97. The summed E-state index contributed by atoms with van der Waals surface area (Å²) >= 11 is 3.77. The Kier molecular flexibility index (Phi) is 9.21. The second-order valence-electron chi connectivity index (χ2n) is 10.4. The van der Waals surface area contributed by atoms with Gasteiger partial charge in [-0.15, -0.1) is 0 Å². The normalized spacial score (nSPS) is 19.3. The zero-order valence-electron chi connectivity index (χ0n) is 22.3. The van der Waals surface area contributed by atoms with Crippen LogP contribution in [0, 0.1) is 11.8 Å². The maximum absolute atomic E-state index is 6.05. The average molecular weight is 578 g/mol. The number of rotatable bonds is 10. The molecule has 1 aliphatic carbocycles. The number of fused-ring (bicyclic) bond motifs is 1. The number of hydrogen-bond acceptors (Lipinski definition) is 4. The molecule has 0 atom stereocenters. The van der Waals surface area contributed by atoms with E-state index in [1.807, 2.05) is 30.3 Å². The van der Waals surface area contributed by atoms with E-state index in [0.29, 0.717) is 19.1 Å². The van der Waals surface area contributed by atoms with Crippen LogP contribution >= 0.6 is 15.9 Å². The number of benzene rings is 3. The first-order chi connectivity index (χ1) is 18.6. The van der Waals surface area contributed by atoms with Crippen molar-refractivity contribution < 1.29 is 18.9 Å². The Hall–Kier alpha value is -2.60. The molecule has 5 rings (SSSR count). The van der Waals surface area contributed by atoms with E-state index in [9.17, 15) is 0 Å². The summed E-state index contributed by atoms with van der Waals surface area (Å²) in [6.07, 6.45) is 7.22. The Bertz CT molecular complexity index is 1210. The lowest BCUT2D eigenvalue weighted by atomic mass is 9.79. The van der Waals surface area contributed by atoms with Crippen LogP contribution in [0.2, 0.25) is 0 Å². The molecule has 2 aliphatic rings. The predicted octanol–water partition coefficient (Wildman–Crippen LogP) is 8.17. The van der Waals surface area contributed by atoms with Crippen molar-refractivity contribution >= 4 is 21.5 Å². The fourth-order valence-electron chi connectivity index (χ4n) is 5.77. The van der Waals surface area contributed by atoms with E-state index in [-0.39, 0.29) is 6.29 Å². The van der Waals surface area contributed by atoms with Gasteiger partial charge in [-0.25, -0.2) is 0 Å². The maximum Gasteiger partial charge on any atom is 0.159 e. The first-order valence-corrected chi connectivity index (χ1v) is 14.4. The molecule has 0 aromatic heterocycles. The molecule has 0 saturated heterocycles. The molecular formula is C33H37BrO4. The van der Waals surface area contributed by atoms with Crippen molar-refractivity contribution in [2.45, 2.75) is 51.4 Å². The van der Waals surface area contributed by atoms with Crippen LogP contribution in [-0.2, 0) is 22.5 Å². The van der Waals surface area contributed by atoms with Crippen molar-refractivity contribution in [2.24, 2.45) is 11.8 Å². The van der Waals surface area contributed by atoms with Crippen molar-refractivity contribution in [3.05, 3.63) is 99.5 Å². The van der Waals surface area contributed by atoms with E-state index in [1.54, 1.807) is 14.2 Å². The van der Waals surface area contributed by atoms with E-state index in [1.165, 1.54) is 48.8 Å². The Balaban J connectivity index is 1.19. The van der Waals surface area contributed by atoms with Crippen LogP contribution in [0.1, 0.15) is 54.4 Å². The summed E-state index contributed by atoms with van der Waals surface area (Å²) in [5.41, 5.74) is 6.03. The number of aryl methyl sites for hydroxylation is 1. The van der Waals surface area contributed by atoms with E-state index >= 15 is 0 Å². The fraction of sp³-hybridized carbons (Fsp3) is 0.394. The molecule has 0 N–H and O–H groups in total. The molecule has 1 saturated carbocycles. The molecule has 1 fully saturated rings. The molecule has 200 valence electrons. The summed E-state index contributed by atoms with van der Waals surface area (Å²) in [6.45, 7) is 1.05. The number of hydrogen-bond donors (Lipinski definition) is 0. The number of methoxy groups -OCH3 is 2. The molecule has 0 amide bonds. The first kappa shape index (κ1) is 27.0. The molecule has 0 bridgehead atoms. The SMILES string of the molecule is COC(OC)C1CCC(CCc2ccc(C3=C(Br)COc4cc(OCc5ccccc5)ccc43)cc2)CC1. The fourth-order valence-corrected chi connectivity index (χ4v) is 6.33. The summed E-state index contributed by atoms with van der Waals surface area (Å²) in [6, 6.07) is 25.4. The molecule has 0 unspecified atom stereocenters. The van der Waals surface area contributed by atoms with Crippen molar-refractivity contribution in [2.75, 3.05) is 20.8 Å². The highest BCUT2D eigenvalue weighted by Crippen LogP contribution is 2.41. The van der Waals surface area contributed by atoms with Gasteiger partial charge in [0.05, 0.1) is 0 Å². The second kappa shape index (κ2) is 13.0. The number of halogens is 1. The molecule has 3 aromatic carbocycles. The Morgan fingerprint density at radius 1 is 0.868 bits per heavy atom. The van der Waals surface area contributed by atoms with Gasteiger partial charge in [-0.05, 0) is 73.3 Å². The lowest BCUT2D eigenvalue weighted by Gasteiger charge is -2.32. The van der Waals surface area contributed by atoms with E-state index in [0.717, 1.165) is 39.4 Å². The van der Waals surface area contributed by atoms with Gasteiger partial charge < -0.3 is 18.9 Å². The molecule has 38 heavy (non-hydrogen) atoms. The highest BCUT2D eigenvalue weighted by molar-refractivity contribution is 9.11. The summed E-state index contributed by atoms with van der Waals surface area (Å²) in [7, 11) is 3.49. The van der Waals surface area contributed by atoms with Crippen LogP contribution in [0.4, 0.5) is 0 Å². The third-order valence-corrected chi connectivity index (χ3v) is 8.55. The van der Waals surface area contributed by atoms with Gasteiger partial charge in [-0.3, -0.25) is 0 Å². The summed E-state index contributed by atoms with van der Waals surface area (Å²) in [5, 5.41) is 0. The lowest BCUT2D eigenvalue weighted by molar-refractivity contribution is -0.145. The van der Waals surface area contributed by atoms with Crippen molar-refractivity contribution in [1.29, 1.82) is 0 Å². The lowest BCUT2D eigenvalue weighted by Crippen LogP contribution is -2.29. The van der Waals surface area contributed by atoms with Gasteiger partial charge in [-0.2, -0.15) is 0 Å². The second-order valence-corrected chi connectivity index (χ2v) is 11.3. The van der Waals surface area contributed by atoms with E-state index in [4.69, 9.17) is 18.9 Å². The summed E-state index contributed by atoms with van der Waals surface area (Å²) < 4.78 is 24.1. The van der Waals surface area contributed by atoms with Crippen LogP contribution in [0.15, 0.2) is 77.3 Å². The van der Waals surface area contributed by atoms with Gasteiger partial charge in [0, 0.05) is 41.8 Å². The van der Waals surface area contributed by atoms with Crippen LogP contribution in [0.5, 0.6) is 11.5 Å². The quantitative estimate of drug-likeness (QED) is 0.228. The van der Waals surface area contributed by atoms with Crippen LogP contribution in [0.3, 0.4) is 0 Å². The molecule has 1 heterocycles. The Labute approximate surface area is 235 Å². The summed E-state index contributed by atoms with van der Waals surface area (Å²) in [5.74, 6) is 2.99. The zero-order chi connectivity index (χ0) is 26.3. The van der Waals surface area contributed by atoms with Crippen molar-refractivity contribution in [1.82, 2.24) is 0 Å². The smallest absolute Gasteiger partial charge is 0.159 e. The largest absolute Gasteiger partial charge is 0.489 e. The molecule has 0 spiro atoms. The van der Waals surface area contributed by atoms with Gasteiger partial charge in [0.2, 0.25) is 0 Å². The van der Waals surface area contributed by atoms with Crippen LogP contribution < -0.4 is 9.47 Å². The van der Waals surface area contributed by atoms with Gasteiger partial charge >= 0.3 is 0 Å². The predicted molar refractivity (Wildman–Crippen MR) is 156 cm³/mol. The van der Waals surface area contributed by atoms with Crippen LogP contribution in [0.25, 0.3) is 5.57 Å². The third-order valence-electron chi connectivity index (χ3n) is 7.92. The highest BCUT2D eigenvalue weighted by atomic mass is 79.9. The molecule has 3 aromatic rings. The van der Waals surface area contributed by atoms with Gasteiger partial charge in [-0.1, -0.05) is 70.5 Å². The van der Waals surface area contributed by atoms with E-state index < -0.39 is 0 Å². The first-order valence-electron chi connectivity index (χ1n) is 13.6. The molecule has 5 heteroatoms. The molecule has 0 radical (unpaired) electrons. The minimum absolute atomic E-state index is 0.0548. The minimum Gasteiger partial charge on any atom is -0.489 e. The topological polar surface area (TPSA) is 36.9 Å². The minimum atomic E-state index is -0.0548. The van der Waals surface area contributed by atoms with Crippen LogP contribution in [-0.4, -0.2) is 27.1 Å². The van der Waals surface area contributed by atoms with Crippen molar-refractivity contribution in [3.63, 3.8) is 0 Å². The van der Waals surface area contributed by atoms with Gasteiger partial charge in [0.25, 0.3) is 0 Å². The highest BCUT2D eigenvalue weighted by Gasteiger charge is 2.27. The molecule has 4 nitrogen and oxygen atoms in total. The summed E-state index contributed by atoms with van der Waals surface area (Å²) in [4.78, 5) is 0. The monoisotopic (exact) mass is 576 g/mol. The zero-order valence-corrected chi connectivity index (χ0v) is 23.9. The molecular weight excluding hydrogens is 540 g/mol. The maximum atomic E-state index is 6.05.